The van der Waals surface area contributed by atoms with Crippen LogP contribution >= 0.6 is 24.0 Å². The SMILES string of the molecule is C=CCCCCCN(C)C(=NC)NCCS(=O)(=O)NCc1ccccc1.I. The molecule has 27 heavy (non-hydrogen) atoms. The Hall–Kier alpha value is -1.13. The van der Waals surface area contributed by atoms with Crippen molar-refractivity contribution in [3.8, 4) is 0 Å². The van der Waals surface area contributed by atoms with Crippen LogP contribution < -0.4 is 10.0 Å². The standard InChI is InChI=1S/C19H32N4O2S.HI/c1-4-5-6-7-11-15-23(3)19(20-2)21-14-16-26(24,25)22-17-18-12-9-8-10-13-18;/h4,8-10,12-13,22H,1,5-7,11,14-17H2,2-3H3,(H,20,21);1H. The van der Waals surface area contributed by atoms with Crippen LogP contribution in [0.25, 0.3) is 0 Å². The molecule has 0 aliphatic carbocycles. The average Bonchev–Trinajstić information content (AvgIpc) is 2.64. The van der Waals surface area contributed by atoms with Gasteiger partial charge in [0.1, 0.15) is 0 Å². The fourth-order valence-electron chi connectivity index (χ4n) is 2.46. The van der Waals surface area contributed by atoms with Crippen molar-refractivity contribution in [2.45, 2.75) is 32.2 Å². The topological polar surface area (TPSA) is 73.8 Å². The van der Waals surface area contributed by atoms with Crippen molar-refractivity contribution in [1.82, 2.24) is 14.9 Å². The van der Waals surface area contributed by atoms with Crippen LogP contribution in [0.3, 0.4) is 0 Å². The Morgan fingerprint density at radius 2 is 1.93 bits per heavy atom. The number of aliphatic imine (C=N–C) groups is 1. The van der Waals surface area contributed by atoms with Crippen molar-refractivity contribution in [3.05, 3.63) is 48.6 Å². The molecule has 0 atom stereocenters. The maximum absolute atomic E-state index is 12.1. The normalized spacial score (nSPS) is 11.6. The summed E-state index contributed by atoms with van der Waals surface area (Å²) in [7, 11) is 0.338. The zero-order chi connectivity index (χ0) is 19.3. The number of hydrogen-bond acceptors (Lipinski definition) is 3. The van der Waals surface area contributed by atoms with E-state index in [1.807, 2.05) is 48.4 Å². The summed E-state index contributed by atoms with van der Waals surface area (Å²) in [5.74, 6) is 0.721. The number of nitrogens with one attached hydrogen (secondary N) is 2. The molecular weight excluding hydrogens is 475 g/mol. The third kappa shape index (κ3) is 12.0. The van der Waals surface area contributed by atoms with Gasteiger partial charge in [-0.15, -0.1) is 30.6 Å². The van der Waals surface area contributed by atoms with Gasteiger partial charge in [0.15, 0.2) is 5.96 Å². The Bertz CT molecular complexity index is 651. The van der Waals surface area contributed by atoms with Crippen LogP contribution in [0, 0.1) is 0 Å². The lowest BCUT2D eigenvalue weighted by Gasteiger charge is -2.22. The lowest BCUT2D eigenvalue weighted by Crippen LogP contribution is -2.42. The molecule has 6 nitrogen and oxygen atoms in total. The van der Waals surface area contributed by atoms with Crippen LogP contribution in [0.2, 0.25) is 0 Å². The van der Waals surface area contributed by atoms with E-state index in [9.17, 15) is 8.42 Å². The summed E-state index contributed by atoms with van der Waals surface area (Å²) in [6.07, 6.45) is 6.35. The van der Waals surface area contributed by atoms with Gasteiger partial charge in [-0.05, 0) is 24.8 Å². The summed E-state index contributed by atoms with van der Waals surface area (Å²) < 4.78 is 26.8. The molecule has 1 aromatic rings. The molecule has 0 saturated carbocycles. The number of allylic oxidation sites excluding steroid dienone is 1. The lowest BCUT2D eigenvalue weighted by atomic mass is 10.2. The molecule has 0 fully saturated rings. The number of nitrogens with zero attached hydrogens (tertiary/aromatic N) is 2. The van der Waals surface area contributed by atoms with E-state index in [-0.39, 0.29) is 29.7 Å². The number of halogens is 1. The van der Waals surface area contributed by atoms with Crippen molar-refractivity contribution < 1.29 is 8.42 Å². The second-order valence-electron chi connectivity index (χ2n) is 6.16. The Kier molecular flexibility index (Phi) is 14.2. The van der Waals surface area contributed by atoms with E-state index >= 15 is 0 Å². The van der Waals surface area contributed by atoms with E-state index in [0.717, 1.165) is 37.8 Å². The Morgan fingerprint density at radius 3 is 2.56 bits per heavy atom. The fraction of sp³-hybridized carbons (Fsp3) is 0.526. The summed E-state index contributed by atoms with van der Waals surface area (Å²) in [5, 5.41) is 3.12. The molecule has 1 aromatic carbocycles. The van der Waals surface area contributed by atoms with Gasteiger partial charge < -0.3 is 10.2 Å². The highest BCUT2D eigenvalue weighted by molar-refractivity contribution is 14.0. The molecule has 0 saturated heterocycles. The van der Waals surface area contributed by atoms with Gasteiger partial charge in [-0.3, -0.25) is 4.99 Å². The molecule has 0 aliphatic heterocycles. The molecule has 2 N–H and O–H groups in total. The van der Waals surface area contributed by atoms with Gasteiger partial charge in [0, 0.05) is 33.7 Å². The first-order valence-electron chi connectivity index (χ1n) is 9.02. The summed E-state index contributed by atoms with van der Waals surface area (Å²) in [6, 6.07) is 9.48. The second kappa shape index (κ2) is 14.9. The van der Waals surface area contributed by atoms with Crippen molar-refractivity contribution >= 4 is 40.0 Å². The fourth-order valence-corrected chi connectivity index (χ4v) is 3.37. The molecule has 1 rings (SSSR count). The van der Waals surface area contributed by atoms with Gasteiger partial charge in [-0.2, -0.15) is 0 Å². The number of guanidine groups is 1. The average molecular weight is 508 g/mol. The van der Waals surface area contributed by atoms with Crippen LogP contribution in [0.1, 0.15) is 31.2 Å². The number of rotatable bonds is 12. The van der Waals surface area contributed by atoms with Gasteiger partial charge in [0.25, 0.3) is 0 Å². The minimum absolute atomic E-state index is 0. The predicted molar refractivity (Wildman–Crippen MR) is 125 cm³/mol. The quantitative estimate of drug-likeness (QED) is 0.150. The molecule has 154 valence electrons. The summed E-state index contributed by atoms with van der Waals surface area (Å²) in [5.41, 5.74) is 0.941. The van der Waals surface area contributed by atoms with Crippen molar-refractivity contribution in [2.24, 2.45) is 4.99 Å². The number of unbranched alkanes of at least 4 members (excludes halogenated alkanes) is 3. The zero-order valence-electron chi connectivity index (χ0n) is 16.4. The first-order chi connectivity index (χ1) is 12.5. The van der Waals surface area contributed by atoms with E-state index in [4.69, 9.17) is 0 Å². The third-order valence-electron chi connectivity index (χ3n) is 3.97. The zero-order valence-corrected chi connectivity index (χ0v) is 19.5. The molecule has 0 unspecified atom stereocenters. The minimum atomic E-state index is -3.33. The summed E-state index contributed by atoms with van der Waals surface area (Å²) in [6.45, 7) is 5.23. The van der Waals surface area contributed by atoms with E-state index in [1.54, 1.807) is 7.05 Å². The summed E-state index contributed by atoms with van der Waals surface area (Å²) >= 11 is 0. The van der Waals surface area contributed by atoms with E-state index < -0.39 is 10.0 Å². The minimum Gasteiger partial charge on any atom is -0.355 e. The number of sulfonamides is 1. The molecule has 0 aromatic heterocycles. The summed E-state index contributed by atoms with van der Waals surface area (Å²) in [4.78, 5) is 6.24. The molecular formula is C19H33IN4O2S. The van der Waals surface area contributed by atoms with Crippen molar-refractivity contribution in [2.75, 3.05) is 32.9 Å². The predicted octanol–water partition coefficient (Wildman–Crippen LogP) is 2.98. The van der Waals surface area contributed by atoms with Gasteiger partial charge >= 0.3 is 0 Å². The number of hydrogen-bond donors (Lipinski definition) is 2. The molecule has 0 radical (unpaired) electrons. The van der Waals surface area contributed by atoms with E-state index in [0.29, 0.717) is 19.0 Å². The monoisotopic (exact) mass is 508 g/mol. The number of benzene rings is 1. The first kappa shape index (κ1) is 25.9. The lowest BCUT2D eigenvalue weighted by molar-refractivity contribution is 0.456. The van der Waals surface area contributed by atoms with Crippen LogP contribution in [0.4, 0.5) is 0 Å². The third-order valence-corrected chi connectivity index (χ3v) is 5.29. The highest BCUT2D eigenvalue weighted by Crippen LogP contribution is 2.02. The van der Waals surface area contributed by atoms with E-state index in [1.165, 1.54) is 0 Å². The highest BCUT2D eigenvalue weighted by atomic mass is 127. The van der Waals surface area contributed by atoms with Crippen LogP contribution in [0.15, 0.2) is 48.0 Å². The van der Waals surface area contributed by atoms with E-state index in [2.05, 4.69) is 21.6 Å². The van der Waals surface area contributed by atoms with Gasteiger partial charge in [-0.1, -0.05) is 42.8 Å². The smallest absolute Gasteiger partial charge is 0.213 e. The van der Waals surface area contributed by atoms with Crippen molar-refractivity contribution in [1.29, 1.82) is 0 Å². The van der Waals surface area contributed by atoms with Crippen LogP contribution in [0.5, 0.6) is 0 Å². The maximum Gasteiger partial charge on any atom is 0.213 e. The molecule has 0 heterocycles. The largest absolute Gasteiger partial charge is 0.355 e. The van der Waals surface area contributed by atoms with Crippen LogP contribution in [-0.2, 0) is 16.6 Å². The van der Waals surface area contributed by atoms with Gasteiger partial charge in [0.05, 0.1) is 5.75 Å². The van der Waals surface area contributed by atoms with Gasteiger partial charge in [-0.25, -0.2) is 13.1 Å². The maximum atomic E-state index is 12.1. The Labute approximate surface area is 181 Å². The Morgan fingerprint density at radius 1 is 1.22 bits per heavy atom. The second-order valence-corrected chi connectivity index (χ2v) is 8.09. The Balaban J connectivity index is 0.00000676. The highest BCUT2D eigenvalue weighted by Gasteiger charge is 2.11. The molecule has 0 spiro atoms. The molecule has 0 bridgehead atoms. The first-order valence-corrected chi connectivity index (χ1v) is 10.7. The van der Waals surface area contributed by atoms with Crippen LogP contribution in [-0.4, -0.2) is 52.2 Å². The molecule has 0 amide bonds. The molecule has 8 heteroatoms. The van der Waals surface area contributed by atoms with Gasteiger partial charge in [0.2, 0.25) is 10.0 Å². The molecule has 0 aliphatic rings. The van der Waals surface area contributed by atoms with Crippen molar-refractivity contribution in [3.63, 3.8) is 0 Å².